The molecule has 2 amide bonds. The second-order valence-corrected chi connectivity index (χ2v) is 14.8. The first-order valence-electron chi connectivity index (χ1n) is 19.5. The number of unbranched alkanes of at least 4 members (excludes halogenated alkanes) is 3. The topological polar surface area (TPSA) is 130 Å². The Hall–Kier alpha value is -4.57. The summed E-state index contributed by atoms with van der Waals surface area (Å²) in [5.74, 6) is -1.28. The van der Waals surface area contributed by atoms with Crippen LogP contribution in [0.25, 0.3) is 33.3 Å². The van der Waals surface area contributed by atoms with Gasteiger partial charge in [-0.1, -0.05) is 47.0 Å². The van der Waals surface area contributed by atoms with E-state index in [0.717, 1.165) is 81.1 Å². The molecule has 6 heterocycles. The molecular weight excluding hydrogens is 667 g/mol. The Morgan fingerprint density at radius 2 is 1.60 bits per heavy atom. The van der Waals surface area contributed by atoms with E-state index in [1.54, 1.807) is 0 Å². The van der Waals surface area contributed by atoms with E-state index in [0.29, 0.717) is 48.3 Å². The zero-order chi connectivity index (χ0) is 38.1. The van der Waals surface area contributed by atoms with E-state index < -0.39 is 0 Å². The van der Waals surface area contributed by atoms with Gasteiger partial charge in [0.05, 0.1) is 52.6 Å². The van der Waals surface area contributed by atoms with E-state index in [1.807, 2.05) is 19.9 Å². The van der Waals surface area contributed by atoms with Gasteiger partial charge >= 0.3 is 5.97 Å². The quantitative estimate of drug-likeness (QED) is 0.120. The van der Waals surface area contributed by atoms with Gasteiger partial charge in [-0.25, -0.2) is 9.97 Å². The summed E-state index contributed by atoms with van der Waals surface area (Å²) >= 11 is 0. The van der Waals surface area contributed by atoms with Crippen molar-refractivity contribution in [2.24, 2.45) is 0 Å². The summed E-state index contributed by atoms with van der Waals surface area (Å²) in [5, 5.41) is 0. The Balaban J connectivity index is 1.68. The van der Waals surface area contributed by atoms with Gasteiger partial charge in [0.1, 0.15) is 0 Å². The van der Waals surface area contributed by atoms with Crippen molar-refractivity contribution in [3.05, 3.63) is 69.1 Å². The fourth-order valence-electron chi connectivity index (χ4n) is 8.36. The van der Waals surface area contributed by atoms with Gasteiger partial charge in [-0.05, 0) is 93.9 Å². The van der Waals surface area contributed by atoms with Crippen LogP contribution in [0.3, 0.4) is 0 Å². The van der Waals surface area contributed by atoms with Crippen LogP contribution < -0.4 is 0 Å². The third-order valence-corrected chi connectivity index (χ3v) is 11.5. The number of hydrogen-bond donors (Lipinski definition) is 2. The number of hydrogen-bond acceptors (Lipinski definition) is 7. The number of nitrogens with one attached hydrogen (secondary N) is 2. The third kappa shape index (κ3) is 6.98. The number of carbonyl (C=O) groups is 3. The Labute approximate surface area is 313 Å². The number of rotatable bonds is 13. The van der Waals surface area contributed by atoms with Crippen molar-refractivity contribution < 1.29 is 23.9 Å². The van der Waals surface area contributed by atoms with Gasteiger partial charge in [-0.2, -0.15) is 0 Å². The maximum absolute atomic E-state index is 14.5. The van der Waals surface area contributed by atoms with Gasteiger partial charge in [0.15, 0.2) is 0 Å². The standard InChI is InChI=1S/C43H55N5O5/c1-10-13-14-15-19-53-27(8)37-25(6)32-20-31-24(5)29(16-17-36(49)52-9)40(46-31)39-41-38(42(50)48(18-11-2)43(39)51)26(7)33(47-41)21-34-28(12-3)23(4)30(44-34)22-35(37)45-32/h20-22,24,27,29,46-47H,10-19H2,1-9H3/t24-,27?,29-/m0/s1. The summed E-state index contributed by atoms with van der Waals surface area (Å²) in [7, 11) is 1.39. The molecule has 0 radical (unpaired) electrons. The van der Waals surface area contributed by atoms with Crippen LogP contribution in [0.1, 0.15) is 172 Å². The van der Waals surface area contributed by atoms with E-state index in [2.05, 4.69) is 63.6 Å². The number of amides is 2. The van der Waals surface area contributed by atoms with Crippen molar-refractivity contribution in [1.29, 1.82) is 0 Å². The van der Waals surface area contributed by atoms with Crippen LogP contribution >= 0.6 is 0 Å². The molecule has 0 saturated heterocycles. The van der Waals surface area contributed by atoms with E-state index in [-0.39, 0.29) is 42.1 Å². The summed E-state index contributed by atoms with van der Waals surface area (Å²) in [6.07, 6.45) is 6.38. The van der Waals surface area contributed by atoms with Crippen LogP contribution in [-0.4, -0.2) is 69.0 Å². The SMILES string of the molecule is CCCCCCOC(C)C1=C(C)c2cc3[nH]c(c4c5[nH]c(cc6nc(cc1n2)C(C)=C6CC)c(C)c5C(=O)N(CCC)C4=O)[C@@H](CCC(=O)OC)[C@@H]3C. The maximum Gasteiger partial charge on any atom is 0.305 e. The predicted octanol–water partition coefficient (Wildman–Crippen LogP) is 9.45. The number of aromatic nitrogens is 4. The fourth-order valence-corrected chi connectivity index (χ4v) is 8.36. The first-order valence-corrected chi connectivity index (χ1v) is 19.5. The number of aromatic amines is 2. The maximum atomic E-state index is 14.5. The average molecular weight is 722 g/mol. The van der Waals surface area contributed by atoms with Crippen molar-refractivity contribution >= 4 is 51.1 Å². The Kier molecular flexibility index (Phi) is 11.4. The molecular formula is C43H55N5O5. The monoisotopic (exact) mass is 721 g/mol. The summed E-state index contributed by atoms with van der Waals surface area (Å²) in [4.78, 5) is 60.1. The van der Waals surface area contributed by atoms with Crippen molar-refractivity contribution in [2.75, 3.05) is 20.3 Å². The molecule has 2 N–H and O–H groups in total. The molecule has 53 heavy (non-hydrogen) atoms. The molecule has 0 spiro atoms. The van der Waals surface area contributed by atoms with E-state index in [1.165, 1.54) is 24.9 Å². The van der Waals surface area contributed by atoms with Crippen LogP contribution in [0.2, 0.25) is 0 Å². The van der Waals surface area contributed by atoms with Gasteiger partial charge in [-0.15, -0.1) is 0 Å². The molecule has 6 rings (SSSR count). The number of fused-ring (bicyclic) bond motifs is 8. The number of methoxy groups -OCH3 is 1. The smallest absolute Gasteiger partial charge is 0.305 e. The van der Waals surface area contributed by atoms with Crippen molar-refractivity contribution in [1.82, 2.24) is 24.8 Å². The molecule has 2 aromatic rings. The Morgan fingerprint density at radius 3 is 2.30 bits per heavy atom. The first kappa shape index (κ1) is 38.2. The van der Waals surface area contributed by atoms with Crippen molar-refractivity contribution in [3.63, 3.8) is 0 Å². The van der Waals surface area contributed by atoms with E-state index in [4.69, 9.17) is 19.4 Å². The second-order valence-electron chi connectivity index (χ2n) is 14.8. The van der Waals surface area contributed by atoms with Crippen LogP contribution in [0.15, 0.2) is 18.2 Å². The highest BCUT2D eigenvalue weighted by molar-refractivity contribution is 6.23. The highest BCUT2D eigenvalue weighted by atomic mass is 16.5. The lowest BCUT2D eigenvalue weighted by molar-refractivity contribution is -0.140. The zero-order valence-electron chi connectivity index (χ0n) is 32.9. The van der Waals surface area contributed by atoms with Crippen molar-refractivity contribution in [2.45, 2.75) is 125 Å². The van der Waals surface area contributed by atoms with Gasteiger partial charge in [0.2, 0.25) is 0 Å². The number of allylic oxidation sites excluding steroid dienone is 3. The summed E-state index contributed by atoms with van der Waals surface area (Å²) in [5.41, 5.74) is 12.1. The lowest BCUT2D eigenvalue weighted by Crippen LogP contribution is -2.41. The van der Waals surface area contributed by atoms with Gasteiger partial charge in [0.25, 0.3) is 11.8 Å². The normalized spacial score (nSPS) is 18.2. The molecule has 4 aliphatic heterocycles. The molecule has 0 fully saturated rings. The number of H-pyrrole nitrogens is 2. The molecule has 1 unspecified atom stereocenters. The molecule has 282 valence electrons. The third-order valence-electron chi connectivity index (χ3n) is 11.5. The second kappa shape index (κ2) is 15.8. The number of carbonyl (C=O) groups excluding carboxylic acids is 3. The molecule has 0 aliphatic carbocycles. The first-order chi connectivity index (χ1) is 25.4. The molecule has 0 saturated carbocycles. The lowest BCUT2D eigenvalue weighted by atomic mass is 9.84. The van der Waals surface area contributed by atoms with E-state index in [9.17, 15) is 14.4 Å². The van der Waals surface area contributed by atoms with Crippen molar-refractivity contribution in [3.8, 4) is 0 Å². The van der Waals surface area contributed by atoms with Crippen LogP contribution in [-0.2, 0) is 14.3 Å². The van der Waals surface area contributed by atoms with Gasteiger partial charge < -0.3 is 19.4 Å². The van der Waals surface area contributed by atoms with Crippen LogP contribution in [0.5, 0.6) is 0 Å². The molecule has 4 aliphatic rings. The largest absolute Gasteiger partial charge is 0.469 e. The van der Waals surface area contributed by atoms with Crippen LogP contribution in [0.4, 0.5) is 0 Å². The Morgan fingerprint density at radius 1 is 0.887 bits per heavy atom. The number of ether oxygens (including phenoxy) is 2. The summed E-state index contributed by atoms with van der Waals surface area (Å²) in [6, 6.07) is 6.18. The molecule has 10 heteroatoms. The number of aryl methyl sites for hydroxylation is 1. The highest BCUT2D eigenvalue weighted by Crippen LogP contribution is 2.45. The minimum atomic E-state index is -0.345. The van der Waals surface area contributed by atoms with Gasteiger partial charge in [-0.3, -0.25) is 19.3 Å². The molecule has 3 atom stereocenters. The zero-order valence-corrected chi connectivity index (χ0v) is 32.9. The minimum Gasteiger partial charge on any atom is -0.469 e. The molecule has 8 bridgehead atoms. The fraction of sp³-hybridized carbons (Fsp3) is 0.512. The number of imide groups is 1. The highest BCUT2D eigenvalue weighted by Gasteiger charge is 2.40. The number of nitrogens with zero attached hydrogens (tertiary/aromatic N) is 3. The molecule has 2 aromatic heterocycles. The minimum absolute atomic E-state index is 0.0964. The van der Waals surface area contributed by atoms with Gasteiger partial charge in [0, 0.05) is 53.9 Å². The summed E-state index contributed by atoms with van der Waals surface area (Å²) in [6.45, 7) is 17.6. The Bertz CT molecular complexity index is 2080. The predicted molar refractivity (Wildman–Crippen MR) is 210 cm³/mol. The lowest BCUT2D eigenvalue weighted by Gasteiger charge is -2.27. The molecule has 0 aromatic carbocycles. The number of esters is 1. The van der Waals surface area contributed by atoms with Crippen LogP contribution in [0, 0.1) is 6.92 Å². The average Bonchev–Trinajstić information content (AvgIpc) is 3.82. The molecule has 10 nitrogen and oxygen atoms in total. The van der Waals surface area contributed by atoms with E-state index >= 15 is 0 Å². The summed E-state index contributed by atoms with van der Waals surface area (Å²) < 4.78 is 11.5.